The maximum absolute atomic E-state index is 12.1. The van der Waals surface area contributed by atoms with Gasteiger partial charge in [-0.25, -0.2) is 4.99 Å². The van der Waals surface area contributed by atoms with Gasteiger partial charge in [-0.15, -0.1) is 38.0 Å². The Hall–Kier alpha value is -1.58. The first-order valence-corrected chi connectivity index (χ1v) is 6.61. The SMILES string of the molecule is Cl.Cl.NC(=Nc1ccc(OC(F)(F)F)c(Cl)c1)/N=C(/N)N1CCC1. The van der Waals surface area contributed by atoms with Gasteiger partial charge in [0.2, 0.25) is 5.96 Å². The number of ether oxygens (including phenoxy) is 1. The minimum atomic E-state index is -4.82. The van der Waals surface area contributed by atoms with Crippen LogP contribution in [0.25, 0.3) is 0 Å². The van der Waals surface area contributed by atoms with Crippen LogP contribution in [0.4, 0.5) is 18.9 Å². The van der Waals surface area contributed by atoms with Gasteiger partial charge in [0.1, 0.15) is 5.75 Å². The molecule has 1 aromatic carbocycles. The number of hydrogen-bond acceptors (Lipinski definition) is 2. The van der Waals surface area contributed by atoms with E-state index in [1.54, 1.807) is 0 Å². The van der Waals surface area contributed by atoms with Crippen LogP contribution in [-0.4, -0.2) is 36.3 Å². The number of halogens is 6. The summed E-state index contributed by atoms with van der Waals surface area (Å²) in [6.45, 7) is 1.61. The summed E-state index contributed by atoms with van der Waals surface area (Å²) in [5.41, 5.74) is 11.5. The van der Waals surface area contributed by atoms with Gasteiger partial charge in [0.05, 0.1) is 10.7 Å². The molecule has 0 saturated carbocycles. The lowest BCUT2D eigenvalue weighted by molar-refractivity contribution is -0.274. The molecule has 0 spiro atoms. The number of aliphatic imine (C=N–C) groups is 2. The third-order valence-corrected chi connectivity index (χ3v) is 3.09. The first kappa shape index (κ1) is 22.4. The lowest BCUT2D eigenvalue weighted by Gasteiger charge is -2.31. The van der Waals surface area contributed by atoms with Crippen molar-refractivity contribution in [2.45, 2.75) is 12.8 Å². The summed E-state index contributed by atoms with van der Waals surface area (Å²) in [7, 11) is 0. The van der Waals surface area contributed by atoms with Gasteiger partial charge in [-0.3, -0.25) is 0 Å². The van der Waals surface area contributed by atoms with Crippen molar-refractivity contribution in [2.75, 3.05) is 13.1 Å². The van der Waals surface area contributed by atoms with Gasteiger partial charge in [0.15, 0.2) is 5.96 Å². The molecule has 12 heteroatoms. The topological polar surface area (TPSA) is 89.2 Å². The molecule has 24 heavy (non-hydrogen) atoms. The van der Waals surface area contributed by atoms with E-state index in [2.05, 4.69) is 14.7 Å². The van der Waals surface area contributed by atoms with Crippen LogP contribution in [-0.2, 0) is 0 Å². The quantitative estimate of drug-likeness (QED) is 0.581. The molecule has 1 aliphatic rings. The zero-order chi connectivity index (χ0) is 16.3. The number of hydrogen-bond donors (Lipinski definition) is 2. The van der Waals surface area contributed by atoms with Gasteiger partial charge in [0.25, 0.3) is 0 Å². The van der Waals surface area contributed by atoms with Crippen LogP contribution >= 0.6 is 36.4 Å². The fraction of sp³-hybridized carbons (Fsp3) is 0.333. The van der Waals surface area contributed by atoms with Crippen molar-refractivity contribution in [1.29, 1.82) is 0 Å². The zero-order valence-corrected chi connectivity index (χ0v) is 14.5. The molecule has 1 fully saturated rings. The third-order valence-electron chi connectivity index (χ3n) is 2.79. The van der Waals surface area contributed by atoms with Crippen molar-refractivity contribution in [3.63, 3.8) is 0 Å². The maximum Gasteiger partial charge on any atom is 0.573 e. The number of nitrogens with two attached hydrogens (primary N) is 2. The van der Waals surface area contributed by atoms with Crippen molar-refractivity contribution in [2.24, 2.45) is 21.5 Å². The van der Waals surface area contributed by atoms with Crippen LogP contribution in [0, 0.1) is 0 Å². The Morgan fingerprint density at radius 3 is 2.29 bits per heavy atom. The molecular formula is C12H15Cl3F3N5O. The highest BCUT2D eigenvalue weighted by atomic mass is 35.5. The van der Waals surface area contributed by atoms with E-state index in [9.17, 15) is 13.2 Å². The summed E-state index contributed by atoms with van der Waals surface area (Å²) in [6.07, 6.45) is -3.78. The largest absolute Gasteiger partial charge is 0.573 e. The standard InChI is InChI=1S/C12H13ClF3N5O.2ClH/c13-8-6-7(2-3-9(8)22-12(14,15)16)19-10(17)20-11(18)21-4-1-5-21;;/h2-3,6H,1,4-5H2,(H4,17,18,19,20);2*1H. The highest BCUT2D eigenvalue weighted by Gasteiger charge is 2.32. The van der Waals surface area contributed by atoms with Gasteiger partial charge < -0.3 is 21.1 Å². The Morgan fingerprint density at radius 2 is 1.83 bits per heavy atom. The number of alkyl halides is 3. The highest BCUT2D eigenvalue weighted by molar-refractivity contribution is 6.32. The third kappa shape index (κ3) is 6.50. The molecule has 1 saturated heterocycles. The number of benzene rings is 1. The predicted octanol–water partition coefficient (Wildman–Crippen LogP) is 3.05. The molecule has 0 atom stereocenters. The fourth-order valence-corrected chi connectivity index (χ4v) is 1.87. The van der Waals surface area contributed by atoms with Crippen molar-refractivity contribution < 1.29 is 17.9 Å². The van der Waals surface area contributed by atoms with E-state index in [0.717, 1.165) is 25.6 Å². The van der Waals surface area contributed by atoms with E-state index >= 15 is 0 Å². The number of guanidine groups is 2. The monoisotopic (exact) mass is 407 g/mol. The minimum absolute atomic E-state index is 0. The Balaban J connectivity index is 0.00000264. The maximum atomic E-state index is 12.1. The van der Waals surface area contributed by atoms with E-state index in [-0.39, 0.29) is 47.4 Å². The summed E-state index contributed by atoms with van der Waals surface area (Å²) >= 11 is 5.70. The number of rotatable bonds is 2. The van der Waals surface area contributed by atoms with Crippen molar-refractivity contribution in [3.8, 4) is 5.75 Å². The fourth-order valence-electron chi connectivity index (χ4n) is 1.66. The summed E-state index contributed by atoms with van der Waals surface area (Å²) in [6, 6.07) is 3.50. The van der Waals surface area contributed by atoms with Crippen LogP contribution in [0.15, 0.2) is 28.2 Å². The molecule has 6 nitrogen and oxygen atoms in total. The molecule has 136 valence electrons. The Bertz CT molecular complexity index is 620. The highest BCUT2D eigenvalue weighted by Crippen LogP contribution is 2.32. The zero-order valence-electron chi connectivity index (χ0n) is 12.1. The molecule has 1 aliphatic heterocycles. The molecule has 0 bridgehead atoms. The molecule has 1 heterocycles. The van der Waals surface area contributed by atoms with Crippen molar-refractivity contribution >= 4 is 54.0 Å². The van der Waals surface area contributed by atoms with Gasteiger partial charge >= 0.3 is 6.36 Å². The number of nitrogens with zero attached hydrogens (tertiary/aromatic N) is 3. The second-order valence-electron chi connectivity index (χ2n) is 4.44. The van der Waals surface area contributed by atoms with Crippen LogP contribution in [0.3, 0.4) is 0 Å². The van der Waals surface area contributed by atoms with Gasteiger partial charge in [-0.1, -0.05) is 11.6 Å². The van der Waals surface area contributed by atoms with E-state index in [1.165, 1.54) is 12.1 Å². The first-order valence-electron chi connectivity index (χ1n) is 6.23. The lowest BCUT2D eigenvalue weighted by atomic mass is 10.2. The average Bonchev–Trinajstić information content (AvgIpc) is 2.28. The first-order chi connectivity index (χ1) is 10.2. The summed E-state index contributed by atoms with van der Waals surface area (Å²) < 4.78 is 40.1. The summed E-state index contributed by atoms with van der Waals surface area (Å²) in [5, 5.41) is -0.244. The van der Waals surface area contributed by atoms with Crippen LogP contribution in [0.2, 0.25) is 5.02 Å². The van der Waals surface area contributed by atoms with Crippen molar-refractivity contribution in [1.82, 2.24) is 4.90 Å². The van der Waals surface area contributed by atoms with E-state index in [4.69, 9.17) is 23.1 Å². The second kappa shape index (κ2) is 9.05. The minimum Gasteiger partial charge on any atom is -0.404 e. The van der Waals surface area contributed by atoms with Crippen LogP contribution < -0.4 is 16.2 Å². The lowest BCUT2D eigenvalue weighted by Crippen LogP contribution is -2.47. The summed E-state index contributed by atoms with van der Waals surface area (Å²) in [5.74, 6) is -0.393. The predicted molar refractivity (Wildman–Crippen MR) is 91.7 cm³/mol. The molecule has 4 N–H and O–H groups in total. The Kier molecular flexibility index (Phi) is 8.45. The smallest absolute Gasteiger partial charge is 0.404 e. The van der Waals surface area contributed by atoms with Crippen LogP contribution in [0.1, 0.15) is 6.42 Å². The molecule has 2 rings (SSSR count). The second-order valence-corrected chi connectivity index (χ2v) is 4.85. The van der Waals surface area contributed by atoms with Crippen molar-refractivity contribution in [3.05, 3.63) is 23.2 Å². The molecule has 0 unspecified atom stereocenters. The molecule has 0 amide bonds. The molecule has 0 aromatic heterocycles. The van der Waals surface area contributed by atoms with Gasteiger partial charge in [0, 0.05) is 13.1 Å². The average molecular weight is 409 g/mol. The summed E-state index contributed by atoms with van der Waals surface area (Å²) in [4.78, 5) is 9.63. The van der Waals surface area contributed by atoms with E-state index < -0.39 is 12.1 Å². The van der Waals surface area contributed by atoms with Crippen LogP contribution in [0.5, 0.6) is 5.75 Å². The normalized spacial score (nSPS) is 15.1. The number of likely N-dealkylation sites (tertiary alicyclic amines) is 1. The molecule has 1 aromatic rings. The Morgan fingerprint density at radius 1 is 1.21 bits per heavy atom. The Labute approximate surface area is 153 Å². The molecule has 0 aliphatic carbocycles. The van der Waals surface area contributed by atoms with E-state index in [1.807, 2.05) is 4.90 Å². The van der Waals surface area contributed by atoms with Gasteiger partial charge in [-0.05, 0) is 24.6 Å². The van der Waals surface area contributed by atoms with Gasteiger partial charge in [-0.2, -0.15) is 4.99 Å². The van der Waals surface area contributed by atoms with E-state index in [0.29, 0.717) is 0 Å². The molecular weight excluding hydrogens is 394 g/mol. The molecule has 0 radical (unpaired) electrons.